The first-order valence-electron chi connectivity index (χ1n) is 11.3. The summed E-state index contributed by atoms with van der Waals surface area (Å²) in [6, 6.07) is 14.5. The number of carbonyl (C=O) groups is 1. The Morgan fingerprint density at radius 2 is 1.91 bits per heavy atom. The molecule has 0 unspecified atom stereocenters. The minimum atomic E-state index is -4.04. The van der Waals surface area contributed by atoms with Crippen molar-refractivity contribution in [2.45, 2.75) is 37.1 Å². The minimum absolute atomic E-state index is 0.0302. The van der Waals surface area contributed by atoms with E-state index in [9.17, 15) is 18.3 Å². The Labute approximate surface area is 210 Å². The lowest BCUT2D eigenvalue weighted by atomic mass is 9.85. The maximum atomic E-state index is 14.1. The van der Waals surface area contributed by atoms with Crippen molar-refractivity contribution in [3.8, 4) is 11.1 Å². The van der Waals surface area contributed by atoms with Gasteiger partial charge in [-0.3, -0.25) is 9.78 Å². The van der Waals surface area contributed by atoms with Gasteiger partial charge in [-0.25, -0.2) is 8.42 Å². The lowest BCUT2D eigenvalue weighted by Gasteiger charge is -2.49. The lowest BCUT2D eigenvalue weighted by Crippen LogP contribution is -2.61. The summed E-state index contributed by atoms with van der Waals surface area (Å²) in [5.74, 6) is -0.977. The van der Waals surface area contributed by atoms with Crippen LogP contribution in [0.2, 0.25) is 5.02 Å². The average molecular weight is 515 g/mol. The number of sulfonamides is 1. The lowest BCUT2D eigenvalue weighted by molar-refractivity contribution is -0.137. The molecule has 3 aromatic rings. The summed E-state index contributed by atoms with van der Waals surface area (Å²) >= 11 is 6.26. The van der Waals surface area contributed by atoms with E-state index in [0.29, 0.717) is 10.6 Å². The predicted octanol–water partition coefficient (Wildman–Crippen LogP) is 4.80. The highest BCUT2D eigenvalue weighted by Gasteiger charge is 2.51. The van der Waals surface area contributed by atoms with Crippen LogP contribution < -0.4 is 0 Å². The molecule has 35 heavy (non-hydrogen) atoms. The number of nitrogens with zero attached hydrogens (tertiary/aromatic N) is 2. The second-order valence-corrected chi connectivity index (χ2v) is 11.0. The standard InChI is InChI=1S/C26H27ClN2O5S/c1-18-15-28-12-11-22(18)20-6-3-7-21(14-20)26(16-34-17-26)29(13-5-10-25(30)31)35(32,33)24-9-4-8-23(27)19(24)2/h3-4,6-9,11-12,14-15H,5,10,13,16-17H2,1-2H3,(H,30,31). The van der Waals surface area contributed by atoms with Crippen molar-refractivity contribution < 1.29 is 23.1 Å². The van der Waals surface area contributed by atoms with E-state index in [1.165, 1.54) is 10.4 Å². The molecule has 0 saturated carbocycles. The molecule has 1 aromatic heterocycles. The number of hydrogen-bond acceptors (Lipinski definition) is 5. The Hall–Kier alpha value is -2.78. The molecule has 0 amide bonds. The molecule has 4 rings (SSSR count). The minimum Gasteiger partial charge on any atom is -0.481 e. The van der Waals surface area contributed by atoms with Crippen molar-refractivity contribution in [2.75, 3.05) is 19.8 Å². The van der Waals surface area contributed by atoms with Crippen LogP contribution in [0.25, 0.3) is 11.1 Å². The summed E-state index contributed by atoms with van der Waals surface area (Å²) in [6.45, 7) is 4.00. The number of aromatic nitrogens is 1. The molecule has 0 atom stereocenters. The Balaban J connectivity index is 1.83. The predicted molar refractivity (Wildman–Crippen MR) is 134 cm³/mol. The number of aliphatic carboxylic acids is 1. The summed E-state index contributed by atoms with van der Waals surface area (Å²) in [4.78, 5) is 15.5. The maximum Gasteiger partial charge on any atom is 0.303 e. The Kier molecular flexibility index (Phi) is 7.28. The van der Waals surface area contributed by atoms with E-state index >= 15 is 0 Å². The van der Waals surface area contributed by atoms with Crippen molar-refractivity contribution in [3.63, 3.8) is 0 Å². The zero-order valence-corrected chi connectivity index (χ0v) is 21.1. The molecule has 1 fully saturated rings. The molecule has 1 N–H and O–H groups in total. The summed E-state index contributed by atoms with van der Waals surface area (Å²) in [5.41, 5.74) is 3.22. The van der Waals surface area contributed by atoms with E-state index in [4.69, 9.17) is 16.3 Å². The third kappa shape index (κ3) is 4.84. The Morgan fingerprint density at radius 1 is 1.17 bits per heavy atom. The summed E-state index contributed by atoms with van der Waals surface area (Å²) < 4.78 is 35.1. The number of carboxylic acids is 1. The van der Waals surface area contributed by atoms with Crippen LogP contribution in [0.15, 0.2) is 65.8 Å². The molecule has 184 valence electrons. The second kappa shape index (κ2) is 10.1. The normalized spacial score (nSPS) is 15.1. The van der Waals surface area contributed by atoms with Crippen molar-refractivity contribution >= 4 is 27.6 Å². The van der Waals surface area contributed by atoms with Crippen molar-refractivity contribution in [3.05, 3.63) is 82.6 Å². The number of carboxylic acid groups (broad SMARTS) is 1. The van der Waals surface area contributed by atoms with Crippen molar-refractivity contribution in [1.29, 1.82) is 0 Å². The SMILES string of the molecule is Cc1cnccc1-c1cccc(C2(N(CCCC(=O)O)S(=O)(=O)c3cccc(Cl)c3C)COC2)c1. The molecule has 1 aliphatic rings. The highest BCUT2D eigenvalue weighted by Crippen LogP contribution is 2.42. The summed E-state index contributed by atoms with van der Waals surface area (Å²) in [6.07, 6.45) is 3.53. The van der Waals surface area contributed by atoms with Crippen molar-refractivity contribution in [2.24, 2.45) is 0 Å². The molecule has 7 nitrogen and oxygen atoms in total. The van der Waals surface area contributed by atoms with E-state index in [0.717, 1.165) is 22.3 Å². The van der Waals surface area contributed by atoms with Crippen LogP contribution in [0.4, 0.5) is 0 Å². The van der Waals surface area contributed by atoms with Crippen LogP contribution in [0.5, 0.6) is 0 Å². The first-order chi connectivity index (χ1) is 16.7. The average Bonchev–Trinajstić information content (AvgIpc) is 2.79. The van der Waals surface area contributed by atoms with E-state index in [2.05, 4.69) is 4.98 Å². The van der Waals surface area contributed by atoms with Gasteiger partial charge in [0, 0.05) is 30.4 Å². The van der Waals surface area contributed by atoms with E-state index in [1.807, 2.05) is 37.3 Å². The first-order valence-corrected chi connectivity index (χ1v) is 13.1. The molecule has 2 heterocycles. The van der Waals surface area contributed by atoms with Crippen LogP contribution in [0.1, 0.15) is 29.5 Å². The van der Waals surface area contributed by atoms with Gasteiger partial charge in [-0.2, -0.15) is 4.31 Å². The van der Waals surface area contributed by atoms with Crippen LogP contribution >= 0.6 is 11.6 Å². The number of pyridine rings is 1. The molecule has 1 saturated heterocycles. The fraction of sp³-hybridized carbons (Fsp3) is 0.308. The van der Waals surface area contributed by atoms with Crippen LogP contribution in [-0.2, 0) is 25.1 Å². The fourth-order valence-electron chi connectivity index (χ4n) is 4.45. The number of rotatable bonds is 9. The van der Waals surface area contributed by atoms with Crippen molar-refractivity contribution in [1.82, 2.24) is 9.29 Å². The summed E-state index contributed by atoms with van der Waals surface area (Å²) in [7, 11) is -4.04. The van der Waals surface area contributed by atoms with E-state index in [-0.39, 0.29) is 37.5 Å². The van der Waals surface area contributed by atoms with E-state index in [1.54, 1.807) is 31.5 Å². The highest BCUT2D eigenvalue weighted by molar-refractivity contribution is 7.89. The van der Waals surface area contributed by atoms with E-state index < -0.39 is 21.5 Å². The number of aryl methyl sites for hydroxylation is 1. The van der Waals surface area contributed by atoms with Gasteiger partial charge in [0.05, 0.1) is 18.1 Å². The molecular weight excluding hydrogens is 488 g/mol. The van der Waals surface area contributed by atoms with Gasteiger partial charge < -0.3 is 9.84 Å². The zero-order valence-electron chi connectivity index (χ0n) is 19.6. The third-order valence-electron chi connectivity index (χ3n) is 6.43. The summed E-state index contributed by atoms with van der Waals surface area (Å²) in [5, 5.41) is 9.54. The zero-order chi connectivity index (χ0) is 25.2. The van der Waals surface area contributed by atoms with Gasteiger partial charge in [0.2, 0.25) is 10.0 Å². The molecule has 0 radical (unpaired) electrons. The van der Waals surface area contributed by atoms with Crippen LogP contribution in [-0.4, -0.2) is 48.5 Å². The molecule has 9 heteroatoms. The number of benzene rings is 2. The topological polar surface area (TPSA) is 96.8 Å². The smallest absolute Gasteiger partial charge is 0.303 e. The third-order valence-corrected chi connectivity index (χ3v) is 8.95. The molecular formula is C26H27ClN2O5S. The number of halogens is 1. The molecule has 2 aromatic carbocycles. The van der Waals surface area contributed by atoms with Gasteiger partial charge in [-0.05, 0) is 72.4 Å². The number of ether oxygens (including phenoxy) is 1. The van der Waals surface area contributed by atoms with Gasteiger partial charge in [-0.1, -0.05) is 35.9 Å². The molecule has 0 spiro atoms. The fourth-order valence-corrected chi connectivity index (χ4v) is 6.70. The largest absolute Gasteiger partial charge is 0.481 e. The van der Waals surface area contributed by atoms with Gasteiger partial charge in [0.1, 0.15) is 5.54 Å². The molecule has 0 aliphatic carbocycles. The maximum absolute atomic E-state index is 14.1. The van der Waals surface area contributed by atoms with Gasteiger partial charge in [-0.15, -0.1) is 0 Å². The van der Waals surface area contributed by atoms with Gasteiger partial charge >= 0.3 is 5.97 Å². The first kappa shape index (κ1) is 25.3. The number of hydrogen-bond donors (Lipinski definition) is 1. The molecule has 1 aliphatic heterocycles. The Morgan fingerprint density at radius 3 is 2.57 bits per heavy atom. The van der Waals surface area contributed by atoms with Crippen LogP contribution in [0.3, 0.4) is 0 Å². The second-order valence-electron chi connectivity index (χ2n) is 8.73. The molecule has 0 bridgehead atoms. The van der Waals surface area contributed by atoms with Gasteiger partial charge in [0.15, 0.2) is 0 Å². The quantitative estimate of drug-likeness (QED) is 0.440. The van der Waals surface area contributed by atoms with Crippen LogP contribution in [0, 0.1) is 13.8 Å². The monoisotopic (exact) mass is 514 g/mol. The highest BCUT2D eigenvalue weighted by atomic mass is 35.5. The Bertz CT molecular complexity index is 1360. The van der Waals surface area contributed by atoms with Gasteiger partial charge in [0.25, 0.3) is 0 Å².